The van der Waals surface area contributed by atoms with E-state index < -0.39 is 0 Å². The molecule has 4 saturated heterocycles. The first kappa shape index (κ1) is 66.8. The second-order valence-electron chi connectivity index (χ2n) is 31.4. The van der Waals surface area contributed by atoms with Crippen LogP contribution in [0.25, 0.3) is 0 Å². The second kappa shape index (κ2) is 27.4. The number of rotatable bonds is 29. The Morgan fingerprint density at radius 2 is 0.593 bits per heavy atom. The molecule has 16 heteroatoms. The molecule has 0 aliphatic carbocycles. The highest BCUT2D eigenvalue weighted by atomic mass is 15.4. The molecular weight excluding hydrogens is 1000 g/mol. The maximum absolute atomic E-state index is 5.54. The van der Waals surface area contributed by atoms with Gasteiger partial charge in [-0.2, -0.15) is 29.9 Å². The fraction of sp³-hybridized carbons (Fsp3) is 0.908. The normalized spacial score (nSPS) is 22.7. The summed E-state index contributed by atoms with van der Waals surface area (Å²) in [6.45, 7) is 54.5. The third-order valence-electron chi connectivity index (χ3n) is 17.8. The average molecular weight is 1130 g/mol. The van der Waals surface area contributed by atoms with E-state index in [-0.39, 0.29) is 44.3 Å². The van der Waals surface area contributed by atoms with Crippen LogP contribution in [0.5, 0.6) is 0 Å². The van der Waals surface area contributed by atoms with E-state index in [2.05, 4.69) is 197 Å². The molecule has 2 aromatic heterocycles. The first-order chi connectivity index (χ1) is 37.7. The number of hydrogen-bond donors (Lipinski definition) is 6. The van der Waals surface area contributed by atoms with Crippen LogP contribution in [0.15, 0.2) is 0 Å². The van der Waals surface area contributed by atoms with E-state index in [1.807, 2.05) is 0 Å². The molecule has 16 nitrogen and oxygen atoms in total. The second-order valence-corrected chi connectivity index (χ2v) is 31.4. The van der Waals surface area contributed by atoms with Gasteiger partial charge in [0.1, 0.15) is 0 Å². The van der Waals surface area contributed by atoms with Crippen molar-refractivity contribution in [1.29, 1.82) is 0 Å². The Morgan fingerprint density at radius 3 is 0.827 bits per heavy atom. The molecule has 0 spiro atoms. The topological polar surface area (TPSA) is 162 Å². The lowest BCUT2D eigenvalue weighted by atomic mass is 9.79. The predicted octanol–water partition coefficient (Wildman–Crippen LogP) is 13.0. The molecule has 0 saturated carbocycles. The van der Waals surface area contributed by atoms with E-state index in [1.54, 1.807) is 0 Å². The van der Waals surface area contributed by atoms with E-state index in [1.165, 1.54) is 0 Å². The quantitative estimate of drug-likeness (QED) is 0.0426. The Kier molecular flexibility index (Phi) is 22.6. The van der Waals surface area contributed by atoms with Crippen LogP contribution in [0.4, 0.5) is 35.7 Å². The third-order valence-corrected chi connectivity index (χ3v) is 17.8. The average Bonchev–Trinajstić information content (AvgIpc) is 3.30. The highest BCUT2D eigenvalue weighted by Crippen LogP contribution is 2.39. The van der Waals surface area contributed by atoms with Crippen LogP contribution in [0.3, 0.4) is 0 Å². The molecule has 1 atom stereocenters. The number of piperidine rings is 4. The summed E-state index contributed by atoms with van der Waals surface area (Å²) in [4.78, 5) is 42.8. The van der Waals surface area contributed by atoms with Crippen molar-refractivity contribution in [3.8, 4) is 0 Å². The Morgan fingerprint density at radius 1 is 0.358 bits per heavy atom. The molecule has 0 aromatic carbocycles. The minimum absolute atomic E-state index is 0.00846. The van der Waals surface area contributed by atoms with Crippen molar-refractivity contribution >= 4 is 35.7 Å². The van der Waals surface area contributed by atoms with Gasteiger partial charge in [-0.15, -0.1) is 0 Å². The SMILES string of the molecule is CCCCN(c1nc(NCCCC(C)CCNc2nc(N(CCCC)C3CC(C)(C)NC(C)(C)C3)nc(N(CCCC)C3CC(C)(C)NC(C)(C)C3)n2)nc(N(CCCC)C2CC(C)(C)NC(C)(C)C2)n1)C1CC(C)(C)NC(C)(C)C1. The number of unbranched alkanes of at least 4 members (excludes halogenated alkanes) is 4. The molecule has 464 valence electrons. The summed E-state index contributed by atoms with van der Waals surface area (Å²) in [6, 6.07) is 1.22. The number of nitrogens with zero attached hydrogens (tertiary/aromatic N) is 10. The molecule has 2 aromatic rings. The van der Waals surface area contributed by atoms with Gasteiger partial charge in [-0.3, -0.25) is 0 Å². The van der Waals surface area contributed by atoms with Crippen LogP contribution in [-0.4, -0.2) is 138 Å². The smallest absolute Gasteiger partial charge is 0.232 e. The Hall–Kier alpha value is -3.34. The molecule has 6 heterocycles. The van der Waals surface area contributed by atoms with Crippen molar-refractivity contribution in [1.82, 2.24) is 51.2 Å². The Labute approximate surface area is 496 Å². The zero-order valence-electron chi connectivity index (χ0n) is 56.0. The summed E-state index contributed by atoms with van der Waals surface area (Å²) in [5, 5.41) is 23.4. The van der Waals surface area contributed by atoms with E-state index in [4.69, 9.17) is 29.9 Å². The zero-order valence-corrected chi connectivity index (χ0v) is 56.0. The minimum atomic E-state index is -0.00902. The molecule has 4 aliphatic heterocycles. The lowest BCUT2D eigenvalue weighted by Crippen LogP contribution is -2.63. The molecule has 4 aliphatic rings. The van der Waals surface area contributed by atoms with Crippen LogP contribution in [0.1, 0.15) is 267 Å². The number of aromatic nitrogens is 6. The summed E-state index contributed by atoms with van der Waals surface area (Å²) >= 11 is 0. The van der Waals surface area contributed by atoms with Gasteiger partial charge in [-0.1, -0.05) is 60.3 Å². The molecule has 6 N–H and O–H groups in total. The summed E-state index contributed by atoms with van der Waals surface area (Å²) in [5.41, 5.74) is -0.0699. The van der Waals surface area contributed by atoms with Gasteiger partial charge in [-0.05, 0) is 213 Å². The van der Waals surface area contributed by atoms with Crippen LogP contribution >= 0.6 is 0 Å². The highest BCUT2D eigenvalue weighted by molar-refractivity contribution is 5.49. The van der Waals surface area contributed by atoms with Crippen LogP contribution in [-0.2, 0) is 0 Å². The van der Waals surface area contributed by atoms with Crippen LogP contribution < -0.4 is 51.5 Å². The largest absolute Gasteiger partial charge is 0.354 e. The van der Waals surface area contributed by atoms with Crippen molar-refractivity contribution in [3.63, 3.8) is 0 Å². The zero-order chi connectivity index (χ0) is 59.8. The van der Waals surface area contributed by atoms with Crippen LogP contribution in [0, 0.1) is 5.92 Å². The highest BCUT2D eigenvalue weighted by Gasteiger charge is 2.45. The summed E-state index contributed by atoms with van der Waals surface area (Å²) in [6.07, 6.45) is 20.2. The summed E-state index contributed by atoms with van der Waals surface area (Å²) < 4.78 is 0. The first-order valence-corrected chi connectivity index (χ1v) is 32.9. The molecule has 0 bridgehead atoms. The van der Waals surface area contributed by atoms with Crippen molar-refractivity contribution < 1.29 is 0 Å². The van der Waals surface area contributed by atoms with Crippen molar-refractivity contribution in [2.45, 2.75) is 336 Å². The number of hydrogen-bond acceptors (Lipinski definition) is 16. The molecule has 6 rings (SSSR count). The predicted molar refractivity (Wildman–Crippen MR) is 346 cm³/mol. The molecule has 4 fully saturated rings. The minimum Gasteiger partial charge on any atom is -0.354 e. The lowest BCUT2D eigenvalue weighted by molar-refractivity contribution is 0.156. The van der Waals surface area contributed by atoms with Gasteiger partial charge in [0, 0.05) is 108 Å². The van der Waals surface area contributed by atoms with Crippen LogP contribution in [0.2, 0.25) is 0 Å². The third kappa shape index (κ3) is 20.1. The van der Waals surface area contributed by atoms with Crippen molar-refractivity contribution in [2.24, 2.45) is 5.92 Å². The molecule has 0 radical (unpaired) electrons. The molecule has 81 heavy (non-hydrogen) atoms. The first-order valence-electron chi connectivity index (χ1n) is 32.9. The Bertz CT molecular complexity index is 2050. The van der Waals surface area contributed by atoms with Gasteiger partial charge in [-0.25, -0.2) is 0 Å². The standard InChI is InChI=1S/C65H124N16/c1-22-26-35-78(48-39-58(6,7)74-59(8,9)40-48)54-68-52(69-55(72-54)79(36-27-23-2)49-41-60(10,11)75-61(12,13)42-49)66-33-30-31-47(5)32-34-67-53-70-56(80(37-28-24-3)50-43-62(14,15)76-63(16,17)44-50)73-57(71-53)81(38-29-25-4)51-45-64(18,19)77-65(20,21)46-51/h47-51,74-77H,22-46H2,1-21H3,(H,66,68,69,72)(H,67,70,71,73). The Balaban J connectivity index is 1.24. The fourth-order valence-corrected chi connectivity index (χ4v) is 15.7. The number of nitrogens with one attached hydrogen (secondary N) is 6. The monoisotopic (exact) mass is 1130 g/mol. The van der Waals surface area contributed by atoms with Gasteiger partial charge in [0.2, 0.25) is 35.7 Å². The van der Waals surface area contributed by atoms with Gasteiger partial charge >= 0.3 is 0 Å². The number of anilines is 6. The summed E-state index contributed by atoms with van der Waals surface area (Å²) in [7, 11) is 0. The lowest BCUT2D eigenvalue weighted by Gasteiger charge is -2.50. The van der Waals surface area contributed by atoms with E-state index in [0.717, 1.165) is 185 Å². The van der Waals surface area contributed by atoms with Gasteiger partial charge in [0.05, 0.1) is 0 Å². The summed E-state index contributed by atoms with van der Waals surface area (Å²) in [5.74, 6) is 5.16. The maximum Gasteiger partial charge on any atom is 0.232 e. The fourth-order valence-electron chi connectivity index (χ4n) is 15.7. The van der Waals surface area contributed by atoms with Gasteiger partial charge < -0.3 is 51.5 Å². The van der Waals surface area contributed by atoms with Crippen molar-refractivity contribution in [2.75, 3.05) is 69.5 Å². The van der Waals surface area contributed by atoms with Crippen molar-refractivity contribution in [3.05, 3.63) is 0 Å². The van der Waals surface area contributed by atoms with E-state index >= 15 is 0 Å². The molecule has 1 unspecified atom stereocenters. The van der Waals surface area contributed by atoms with E-state index in [0.29, 0.717) is 42.0 Å². The molecule has 0 amide bonds. The van der Waals surface area contributed by atoms with Gasteiger partial charge in [0.15, 0.2) is 0 Å². The van der Waals surface area contributed by atoms with E-state index in [9.17, 15) is 0 Å². The maximum atomic E-state index is 5.54. The molecular formula is C65H124N16. The van der Waals surface area contributed by atoms with Gasteiger partial charge in [0.25, 0.3) is 0 Å².